The summed E-state index contributed by atoms with van der Waals surface area (Å²) in [6, 6.07) is 110. The fourth-order valence-electron chi connectivity index (χ4n) is 12.9. The Bertz CT molecular complexity index is 4670. The smallest absolute Gasteiger partial charge is 0.252 e. The molecule has 6 heteroatoms. The molecule has 0 amide bonds. The highest BCUT2D eigenvalue weighted by atomic mass is 15.2. The molecule has 0 atom stereocenters. The summed E-state index contributed by atoms with van der Waals surface area (Å²) in [7, 11) is 0. The van der Waals surface area contributed by atoms with Crippen LogP contribution in [0.15, 0.2) is 303 Å². The molecule has 14 aromatic rings. The van der Waals surface area contributed by atoms with Gasteiger partial charge in [-0.3, -0.25) is 0 Å². The van der Waals surface area contributed by atoms with Crippen LogP contribution in [0.4, 0.5) is 34.1 Å². The van der Waals surface area contributed by atoms with Gasteiger partial charge >= 0.3 is 0 Å². The van der Waals surface area contributed by atoms with Crippen molar-refractivity contribution in [1.82, 2.24) is 14.5 Å². The van der Waals surface area contributed by atoms with Crippen LogP contribution in [0.2, 0.25) is 0 Å². The third-order valence-electron chi connectivity index (χ3n) is 16.6. The van der Waals surface area contributed by atoms with Crippen molar-refractivity contribution in [2.24, 2.45) is 0 Å². The van der Waals surface area contributed by atoms with Gasteiger partial charge in [0.2, 0.25) is 0 Å². The van der Waals surface area contributed by atoms with Crippen LogP contribution >= 0.6 is 0 Å². The van der Waals surface area contributed by atoms with Crippen molar-refractivity contribution in [1.29, 1.82) is 0 Å². The number of para-hydroxylation sites is 5. The minimum atomic E-state index is 0.00172. The third kappa shape index (κ3) is 7.79. The van der Waals surface area contributed by atoms with Gasteiger partial charge in [-0.2, -0.15) is 0 Å². The predicted octanol–water partition coefficient (Wildman–Crippen LogP) is 17.7. The van der Waals surface area contributed by atoms with E-state index in [1.165, 1.54) is 61.0 Å². The zero-order valence-corrected chi connectivity index (χ0v) is 44.7. The summed E-state index contributed by atoms with van der Waals surface area (Å²) in [5.41, 5.74) is 25.7. The van der Waals surface area contributed by atoms with E-state index in [9.17, 15) is 0 Å². The highest BCUT2D eigenvalue weighted by Crippen LogP contribution is 2.48. The van der Waals surface area contributed by atoms with Crippen LogP contribution in [0.3, 0.4) is 0 Å². The molecule has 0 saturated carbocycles. The van der Waals surface area contributed by atoms with Crippen molar-refractivity contribution in [2.75, 3.05) is 9.80 Å². The maximum Gasteiger partial charge on any atom is 0.252 e. The predicted molar refractivity (Wildman–Crippen MR) is 343 cm³/mol. The van der Waals surface area contributed by atoms with E-state index in [1.54, 1.807) is 0 Å². The lowest BCUT2D eigenvalue weighted by molar-refractivity contribution is 1.16. The molecule has 0 saturated heterocycles. The summed E-state index contributed by atoms with van der Waals surface area (Å²) in [4.78, 5) is 15.7. The van der Waals surface area contributed by atoms with Gasteiger partial charge in [-0.25, -0.2) is 9.97 Å². The molecule has 0 unspecified atom stereocenters. The highest BCUT2D eigenvalue weighted by Gasteiger charge is 2.44. The zero-order chi connectivity index (χ0) is 54.1. The minimum Gasteiger partial charge on any atom is -0.311 e. The minimum absolute atomic E-state index is 0.00172. The first-order valence-electron chi connectivity index (χ1n) is 28.1. The molecule has 16 rings (SSSR count). The van der Waals surface area contributed by atoms with E-state index < -0.39 is 0 Å². The van der Waals surface area contributed by atoms with Crippen LogP contribution in [0.1, 0.15) is 0 Å². The summed E-state index contributed by atoms with van der Waals surface area (Å²) in [6.45, 7) is 0.00172. The SMILES string of the molecule is c1ccc(-c2ccc3c(c2)c2ccccc2n3-c2ccc(-c3nc(-c4ccccc4)cc(-c4ccccc4)n3)cc2-c2ccc(-c3ccc4c5c3N(c3ccccc3)c3ccccc3B5c3ccccc3N4c3ccccc3)cc2)cc1. The average molecular weight is 1040 g/mol. The van der Waals surface area contributed by atoms with Crippen molar-refractivity contribution < 1.29 is 0 Å². The monoisotopic (exact) mass is 1040 g/mol. The molecule has 0 bridgehead atoms. The van der Waals surface area contributed by atoms with Gasteiger partial charge in [0.15, 0.2) is 5.82 Å². The largest absolute Gasteiger partial charge is 0.311 e. The number of hydrogen-bond acceptors (Lipinski definition) is 4. The number of fused-ring (bicyclic) bond motifs is 7. The van der Waals surface area contributed by atoms with Gasteiger partial charge in [-0.15, -0.1) is 0 Å². The molecule has 0 N–H and O–H groups in total. The van der Waals surface area contributed by atoms with Crippen LogP contribution in [0.25, 0.3) is 94.8 Å². The quantitative estimate of drug-likeness (QED) is 0.135. The van der Waals surface area contributed by atoms with Crippen LogP contribution in [0.5, 0.6) is 0 Å². The molecule has 0 radical (unpaired) electrons. The molecule has 382 valence electrons. The Kier molecular flexibility index (Phi) is 11.2. The van der Waals surface area contributed by atoms with E-state index in [4.69, 9.17) is 9.97 Å². The molecule has 2 aromatic heterocycles. The molecular weight excluding hydrogens is 994 g/mol. The van der Waals surface area contributed by atoms with Gasteiger partial charge in [0.1, 0.15) is 0 Å². The maximum atomic E-state index is 5.35. The fourth-order valence-corrected chi connectivity index (χ4v) is 12.9. The molecule has 82 heavy (non-hydrogen) atoms. The van der Waals surface area contributed by atoms with Crippen molar-refractivity contribution in [3.63, 3.8) is 0 Å². The van der Waals surface area contributed by atoms with Gasteiger partial charge in [-0.05, 0) is 124 Å². The number of rotatable bonds is 9. The molecule has 4 heterocycles. The van der Waals surface area contributed by atoms with Gasteiger partial charge in [0, 0.05) is 67.0 Å². The normalized spacial score (nSPS) is 12.3. The van der Waals surface area contributed by atoms with Crippen molar-refractivity contribution >= 4 is 79.0 Å². The second kappa shape index (κ2) is 19.5. The number of aromatic nitrogens is 3. The number of nitrogens with zero attached hydrogens (tertiary/aromatic N) is 5. The lowest BCUT2D eigenvalue weighted by Gasteiger charge is -2.45. The molecule has 0 fully saturated rings. The molecule has 12 aromatic carbocycles. The molecule has 2 aliphatic heterocycles. The molecule has 5 nitrogen and oxygen atoms in total. The summed E-state index contributed by atoms with van der Waals surface area (Å²) in [5, 5.41) is 2.40. The third-order valence-corrected chi connectivity index (χ3v) is 16.6. The number of anilines is 6. The lowest BCUT2D eigenvalue weighted by atomic mass is 9.33. The number of benzene rings is 12. The summed E-state index contributed by atoms with van der Waals surface area (Å²) in [5.74, 6) is 0.662. The highest BCUT2D eigenvalue weighted by molar-refractivity contribution is 7.00. The van der Waals surface area contributed by atoms with Gasteiger partial charge in [0.25, 0.3) is 6.71 Å². The topological polar surface area (TPSA) is 37.2 Å². The molecule has 0 spiro atoms. The van der Waals surface area contributed by atoms with Gasteiger partial charge in [-0.1, -0.05) is 218 Å². The van der Waals surface area contributed by atoms with E-state index >= 15 is 0 Å². The summed E-state index contributed by atoms with van der Waals surface area (Å²) >= 11 is 0. The maximum absolute atomic E-state index is 5.35. The Morgan fingerprint density at radius 3 is 1.39 bits per heavy atom. The van der Waals surface area contributed by atoms with Crippen LogP contribution < -0.4 is 26.2 Å². The standard InChI is InChI=1S/C76H50BN5/c1-6-22-51(23-7-1)56-42-45-70-63(48-56)61-32-16-19-35-68(61)82(70)69-46-43-57(76-78-66(54-24-8-2-9-25-54)50-67(79-76)55-26-10-3-11-27-55)49-62(69)53-40-38-52(39-41-53)60-44-47-73-74-75(60)81(59-30-14-5-15-31-59)72-37-21-18-34-65(72)77(74)64-33-17-20-36-71(64)80(73)58-28-12-4-13-29-58/h1-50H. The molecule has 0 aliphatic carbocycles. The Labute approximate surface area is 477 Å². The van der Waals surface area contributed by atoms with Crippen LogP contribution in [0, 0.1) is 0 Å². The van der Waals surface area contributed by atoms with Gasteiger partial charge < -0.3 is 14.4 Å². The Morgan fingerprint density at radius 1 is 0.280 bits per heavy atom. The molecule has 2 aliphatic rings. The van der Waals surface area contributed by atoms with Crippen LogP contribution in [-0.2, 0) is 0 Å². The van der Waals surface area contributed by atoms with Crippen molar-refractivity contribution in [2.45, 2.75) is 0 Å². The lowest BCUT2D eigenvalue weighted by Crippen LogP contribution is -2.61. The van der Waals surface area contributed by atoms with Crippen molar-refractivity contribution in [3.05, 3.63) is 303 Å². The summed E-state index contributed by atoms with van der Waals surface area (Å²) in [6.07, 6.45) is 0. The Morgan fingerprint density at radius 2 is 0.756 bits per heavy atom. The first-order chi connectivity index (χ1) is 40.7. The van der Waals surface area contributed by atoms with E-state index in [2.05, 4.69) is 306 Å². The van der Waals surface area contributed by atoms with E-state index in [0.29, 0.717) is 5.82 Å². The Balaban J connectivity index is 0.916. The van der Waals surface area contributed by atoms with E-state index in [1.807, 2.05) is 12.1 Å². The Hall–Kier alpha value is -10.8. The zero-order valence-electron chi connectivity index (χ0n) is 44.7. The first kappa shape index (κ1) is 47.2. The number of hydrogen-bond donors (Lipinski definition) is 0. The van der Waals surface area contributed by atoms with E-state index in [-0.39, 0.29) is 6.71 Å². The average Bonchev–Trinajstić information content (AvgIpc) is 2.90. The fraction of sp³-hybridized carbons (Fsp3) is 0. The first-order valence-corrected chi connectivity index (χ1v) is 28.1. The summed E-state index contributed by atoms with van der Waals surface area (Å²) < 4.78 is 2.45. The second-order valence-corrected chi connectivity index (χ2v) is 21.2. The molecular formula is C76H50BN5. The second-order valence-electron chi connectivity index (χ2n) is 21.2. The van der Waals surface area contributed by atoms with Gasteiger partial charge in [0.05, 0.1) is 33.8 Å². The van der Waals surface area contributed by atoms with Crippen molar-refractivity contribution in [3.8, 4) is 73.0 Å². The van der Waals surface area contributed by atoms with E-state index in [0.717, 1.165) is 78.4 Å². The van der Waals surface area contributed by atoms with Crippen LogP contribution in [-0.4, -0.2) is 21.2 Å².